The molecule has 30 heavy (non-hydrogen) atoms. The summed E-state index contributed by atoms with van der Waals surface area (Å²) in [5.74, 6) is 1.98. The van der Waals surface area contributed by atoms with Gasteiger partial charge in [-0.25, -0.2) is 4.98 Å². The highest BCUT2D eigenvalue weighted by molar-refractivity contribution is 7.14. The van der Waals surface area contributed by atoms with Gasteiger partial charge in [0.25, 0.3) is 11.8 Å². The Balaban J connectivity index is 1.48. The highest BCUT2D eigenvalue weighted by Crippen LogP contribution is 2.33. The zero-order chi connectivity index (χ0) is 21.1. The van der Waals surface area contributed by atoms with E-state index in [0.29, 0.717) is 33.9 Å². The van der Waals surface area contributed by atoms with Gasteiger partial charge in [-0.05, 0) is 49.4 Å². The van der Waals surface area contributed by atoms with Crippen LogP contribution in [-0.2, 0) is 0 Å². The second kappa shape index (κ2) is 8.34. The number of nitrogens with one attached hydrogen (secondary N) is 1. The summed E-state index contributed by atoms with van der Waals surface area (Å²) in [5, 5.41) is 8.97. The van der Waals surface area contributed by atoms with E-state index < -0.39 is 0 Å². The molecule has 0 bridgehead atoms. The van der Waals surface area contributed by atoms with Crippen molar-refractivity contribution >= 4 is 22.4 Å². The molecule has 2 heterocycles. The van der Waals surface area contributed by atoms with Crippen LogP contribution in [0.4, 0.5) is 5.13 Å². The highest BCUT2D eigenvalue weighted by Gasteiger charge is 2.13. The van der Waals surface area contributed by atoms with Crippen LogP contribution in [0.25, 0.3) is 22.7 Å². The van der Waals surface area contributed by atoms with Crippen LogP contribution in [0.1, 0.15) is 16.2 Å². The lowest BCUT2D eigenvalue weighted by atomic mass is 10.1. The fourth-order valence-electron chi connectivity index (χ4n) is 2.81. The quantitative estimate of drug-likeness (QED) is 0.490. The summed E-state index contributed by atoms with van der Waals surface area (Å²) < 4.78 is 15.7. The Morgan fingerprint density at radius 1 is 1.00 bits per heavy atom. The average molecular weight is 422 g/mol. The molecule has 0 spiro atoms. The van der Waals surface area contributed by atoms with Crippen molar-refractivity contribution in [1.29, 1.82) is 0 Å². The maximum Gasteiger partial charge on any atom is 0.257 e. The monoisotopic (exact) mass is 422 g/mol. The smallest absolute Gasteiger partial charge is 0.257 e. The molecule has 0 radical (unpaired) electrons. The second-order valence-electron chi connectivity index (χ2n) is 6.29. The van der Waals surface area contributed by atoms with Crippen molar-refractivity contribution in [3.8, 4) is 34.2 Å². The van der Waals surface area contributed by atoms with Crippen molar-refractivity contribution in [2.75, 3.05) is 19.5 Å². The minimum atomic E-state index is -0.253. The number of methoxy groups -OCH3 is 2. The fourth-order valence-corrected chi connectivity index (χ4v) is 3.52. The standard InChI is InChI=1S/C21H18N4O4S/c1-12-22-20(29-25-12)14-6-4-13(5-7-14)19(26)24-21-23-16(11-30-21)15-8-9-17(27-2)18(10-15)28-3/h4-11H,1-3H3,(H,23,24,26). The number of hydrogen-bond donors (Lipinski definition) is 1. The Bertz CT molecular complexity index is 1180. The van der Waals surface area contributed by atoms with Gasteiger partial charge in [0.05, 0.1) is 19.9 Å². The van der Waals surface area contributed by atoms with E-state index in [1.807, 2.05) is 23.6 Å². The third kappa shape index (κ3) is 4.01. The Hall–Kier alpha value is -3.72. The lowest BCUT2D eigenvalue weighted by Crippen LogP contribution is -2.11. The minimum Gasteiger partial charge on any atom is -0.493 e. The molecule has 0 atom stereocenters. The van der Waals surface area contributed by atoms with Gasteiger partial charge in [0.2, 0.25) is 0 Å². The van der Waals surface area contributed by atoms with Crippen LogP contribution in [0.5, 0.6) is 11.5 Å². The van der Waals surface area contributed by atoms with Crippen LogP contribution < -0.4 is 14.8 Å². The van der Waals surface area contributed by atoms with E-state index in [4.69, 9.17) is 14.0 Å². The number of thiazole rings is 1. The van der Waals surface area contributed by atoms with Crippen molar-refractivity contribution in [2.45, 2.75) is 6.92 Å². The number of hydrogen-bond acceptors (Lipinski definition) is 8. The lowest BCUT2D eigenvalue weighted by Gasteiger charge is -2.08. The predicted molar refractivity (Wildman–Crippen MR) is 113 cm³/mol. The summed E-state index contributed by atoms with van der Waals surface area (Å²) in [6.07, 6.45) is 0. The first-order chi connectivity index (χ1) is 14.6. The maximum atomic E-state index is 12.6. The van der Waals surface area contributed by atoms with E-state index in [-0.39, 0.29) is 5.91 Å². The molecule has 1 amide bonds. The second-order valence-corrected chi connectivity index (χ2v) is 7.14. The molecule has 0 saturated carbocycles. The summed E-state index contributed by atoms with van der Waals surface area (Å²) in [7, 11) is 3.17. The summed E-state index contributed by atoms with van der Waals surface area (Å²) in [6, 6.07) is 12.5. The molecular formula is C21H18N4O4S. The van der Waals surface area contributed by atoms with E-state index in [1.165, 1.54) is 11.3 Å². The van der Waals surface area contributed by atoms with E-state index in [9.17, 15) is 4.79 Å². The summed E-state index contributed by atoms with van der Waals surface area (Å²) in [6.45, 7) is 1.75. The molecule has 4 aromatic rings. The van der Waals surface area contributed by atoms with E-state index in [0.717, 1.165) is 16.8 Å². The molecule has 0 saturated heterocycles. The number of benzene rings is 2. The van der Waals surface area contributed by atoms with Gasteiger partial charge in [-0.3, -0.25) is 10.1 Å². The number of ether oxygens (including phenoxy) is 2. The van der Waals surface area contributed by atoms with Gasteiger partial charge in [-0.2, -0.15) is 4.98 Å². The maximum absolute atomic E-state index is 12.6. The van der Waals surface area contributed by atoms with E-state index in [2.05, 4.69) is 20.4 Å². The number of amides is 1. The molecular weight excluding hydrogens is 404 g/mol. The predicted octanol–water partition coefficient (Wildman–Crippen LogP) is 4.44. The van der Waals surface area contributed by atoms with Crippen molar-refractivity contribution in [2.24, 2.45) is 0 Å². The topological polar surface area (TPSA) is 99.4 Å². The normalized spacial score (nSPS) is 10.6. The first-order valence-corrected chi connectivity index (χ1v) is 9.85. The summed E-state index contributed by atoms with van der Waals surface area (Å²) in [4.78, 5) is 21.2. The molecule has 0 unspecified atom stereocenters. The molecule has 0 aliphatic carbocycles. The van der Waals surface area contributed by atoms with Crippen molar-refractivity contribution in [1.82, 2.24) is 15.1 Å². The molecule has 0 fully saturated rings. The summed E-state index contributed by atoms with van der Waals surface area (Å²) in [5.41, 5.74) is 2.84. The van der Waals surface area contributed by atoms with Crippen molar-refractivity contribution in [3.05, 3.63) is 59.2 Å². The summed E-state index contributed by atoms with van der Waals surface area (Å²) >= 11 is 1.35. The first-order valence-electron chi connectivity index (χ1n) is 8.97. The number of nitrogens with zero attached hydrogens (tertiary/aromatic N) is 3. The molecule has 8 nitrogen and oxygen atoms in total. The van der Waals surface area contributed by atoms with E-state index >= 15 is 0 Å². The van der Waals surface area contributed by atoms with Crippen molar-refractivity contribution < 1.29 is 18.8 Å². The Morgan fingerprint density at radius 2 is 1.73 bits per heavy atom. The fraction of sp³-hybridized carbons (Fsp3) is 0.143. The van der Waals surface area contributed by atoms with E-state index in [1.54, 1.807) is 45.4 Å². The van der Waals surface area contributed by atoms with Gasteiger partial charge in [0.1, 0.15) is 0 Å². The number of carbonyl (C=O) groups is 1. The van der Waals surface area contributed by atoms with Crippen LogP contribution in [0, 0.1) is 6.92 Å². The molecule has 0 aliphatic heterocycles. The SMILES string of the molecule is COc1ccc(-c2csc(NC(=O)c3ccc(-c4nc(C)no4)cc3)n2)cc1OC. The molecule has 152 valence electrons. The Kier molecular flexibility index (Phi) is 5.44. The minimum absolute atomic E-state index is 0.253. The largest absolute Gasteiger partial charge is 0.493 e. The number of anilines is 1. The van der Waals surface area contributed by atoms with Gasteiger partial charge in [-0.1, -0.05) is 5.16 Å². The molecule has 9 heteroatoms. The van der Waals surface area contributed by atoms with Gasteiger partial charge in [0, 0.05) is 22.1 Å². The molecule has 0 aliphatic rings. The van der Waals surface area contributed by atoms with Crippen LogP contribution in [0.3, 0.4) is 0 Å². The number of aryl methyl sites for hydroxylation is 1. The van der Waals surface area contributed by atoms with Gasteiger partial charge < -0.3 is 14.0 Å². The van der Waals surface area contributed by atoms with Gasteiger partial charge in [0.15, 0.2) is 22.5 Å². The van der Waals surface area contributed by atoms with Gasteiger partial charge >= 0.3 is 0 Å². The van der Waals surface area contributed by atoms with Crippen molar-refractivity contribution in [3.63, 3.8) is 0 Å². The average Bonchev–Trinajstić information content (AvgIpc) is 3.42. The number of rotatable bonds is 6. The molecule has 4 rings (SSSR count). The first kappa shape index (κ1) is 19.6. The number of aromatic nitrogens is 3. The van der Waals surface area contributed by atoms with Crippen LogP contribution in [0.15, 0.2) is 52.4 Å². The molecule has 1 N–H and O–H groups in total. The zero-order valence-corrected chi connectivity index (χ0v) is 17.3. The molecule has 2 aromatic carbocycles. The lowest BCUT2D eigenvalue weighted by molar-refractivity contribution is 0.102. The number of carbonyl (C=O) groups excluding carboxylic acids is 1. The third-order valence-corrected chi connectivity index (χ3v) is 5.08. The zero-order valence-electron chi connectivity index (χ0n) is 16.5. The molecule has 2 aromatic heterocycles. The Morgan fingerprint density at radius 3 is 2.40 bits per heavy atom. The van der Waals surface area contributed by atoms with Gasteiger partial charge in [-0.15, -0.1) is 11.3 Å². The van der Waals surface area contributed by atoms with Crippen LogP contribution >= 0.6 is 11.3 Å². The van der Waals surface area contributed by atoms with Crippen LogP contribution in [0.2, 0.25) is 0 Å². The third-order valence-electron chi connectivity index (χ3n) is 4.33. The highest BCUT2D eigenvalue weighted by atomic mass is 32.1. The van der Waals surface area contributed by atoms with Crippen LogP contribution in [-0.4, -0.2) is 35.3 Å². The Labute approximate surface area is 176 Å².